The average molecular weight is 333 g/mol. The number of rotatable bonds is 5. The maximum Gasteiger partial charge on any atom is 0.310 e. The molecule has 1 aromatic carbocycles. The Morgan fingerprint density at radius 1 is 1.19 bits per heavy atom. The number of likely N-dealkylation sites (N-methyl/N-ethyl adjacent to an activating group) is 1. The van der Waals surface area contributed by atoms with Crippen LogP contribution in [0.4, 0.5) is 25.1 Å². The van der Waals surface area contributed by atoms with Crippen LogP contribution in [0.15, 0.2) is 23.1 Å². The fraction of sp³-hybridized carbons (Fsp3) is 0.364. The monoisotopic (exact) mass is 333 g/mol. The summed E-state index contributed by atoms with van der Waals surface area (Å²) in [5.74, 6) is -0.896. The van der Waals surface area contributed by atoms with Gasteiger partial charge in [-0.2, -0.15) is 0 Å². The molecule has 21 heavy (non-hydrogen) atoms. The Labute approximate surface area is 118 Å². The molecule has 0 fully saturated rings. The van der Waals surface area contributed by atoms with Crippen molar-refractivity contribution in [2.75, 3.05) is 32.9 Å². The molecule has 0 spiro atoms. The Kier molecular flexibility index (Phi) is 3.95. The molecule has 0 atom stereocenters. The molecule has 0 heterocycles. The molecule has 0 aromatic heterocycles. The van der Waals surface area contributed by atoms with E-state index in [9.17, 15) is 24.2 Å². The van der Waals surface area contributed by atoms with Crippen LogP contribution >= 0.6 is 10.2 Å². The second-order valence-electron chi connectivity index (χ2n) is 4.82. The lowest BCUT2D eigenvalue weighted by atomic mass is 10.2. The van der Waals surface area contributed by atoms with Gasteiger partial charge in [-0.05, 0) is 32.3 Å². The third-order valence-electron chi connectivity index (χ3n) is 2.48. The van der Waals surface area contributed by atoms with Crippen molar-refractivity contribution in [2.45, 2.75) is 4.90 Å². The van der Waals surface area contributed by atoms with Crippen LogP contribution in [0.25, 0.3) is 0 Å². The Morgan fingerprint density at radius 3 is 2.24 bits per heavy atom. The van der Waals surface area contributed by atoms with Gasteiger partial charge >= 0.3 is 10.2 Å². The number of carbonyl (C=O) groups excluding carboxylic acids is 1. The number of amides is 1. The predicted molar refractivity (Wildman–Crippen MR) is 73.1 cm³/mol. The molecule has 4 nitrogen and oxygen atoms in total. The van der Waals surface area contributed by atoms with E-state index in [1.165, 1.54) is 0 Å². The minimum Gasteiger partial charge on any atom is -0.399 e. The number of nitrogen functional groups attached to an aromatic ring is 1. The zero-order chi connectivity index (χ0) is 16.5. The second kappa shape index (κ2) is 4.73. The Morgan fingerprint density at radius 2 is 1.76 bits per heavy atom. The minimum absolute atomic E-state index is 0.114. The molecule has 0 saturated heterocycles. The molecule has 0 aliphatic heterocycles. The summed E-state index contributed by atoms with van der Waals surface area (Å²) < 4.78 is 63.7. The summed E-state index contributed by atoms with van der Waals surface area (Å²) in [6.45, 7) is 0.606. The van der Waals surface area contributed by atoms with Crippen molar-refractivity contribution >= 4 is 21.8 Å². The van der Waals surface area contributed by atoms with Crippen molar-refractivity contribution in [1.29, 1.82) is 0 Å². The number of hydrogen-bond donors (Lipinski definition) is 2. The highest BCUT2D eigenvalue weighted by Gasteiger charge is 2.65. The van der Waals surface area contributed by atoms with Crippen LogP contribution < -0.4 is 11.1 Å². The Bertz CT molecular complexity index is 558. The number of nitrogens with one attached hydrogen (secondary N) is 1. The van der Waals surface area contributed by atoms with Crippen molar-refractivity contribution in [3.63, 3.8) is 0 Å². The summed E-state index contributed by atoms with van der Waals surface area (Å²) in [6, 6.07) is 1.15. The van der Waals surface area contributed by atoms with E-state index < -0.39 is 32.3 Å². The lowest BCUT2D eigenvalue weighted by molar-refractivity contribution is 0.0951. The normalized spacial score (nSPS) is 15.4. The number of anilines is 1. The summed E-state index contributed by atoms with van der Waals surface area (Å²) in [6.07, 6.45) is 0. The topological polar surface area (TPSA) is 58.4 Å². The fourth-order valence-corrected chi connectivity index (χ4v) is 2.18. The molecule has 1 aromatic rings. The van der Waals surface area contributed by atoms with Crippen LogP contribution in [-0.2, 0) is 0 Å². The molecule has 10 heteroatoms. The quantitative estimate of drug-likeness (QED) is 0.642. The number of halogens is 5. The van der Waals surface area contributed by atoms with Crippen molar-refractivity contribution in [2.24, 2.45) is 0 Å². The summed E-state index contributed by atoms with van der Waals surface area (Å²) in [7, 11) is -6.40. The zero-order valence-electron chi connectivity index (χ0n) is 11.4. The zero-order valence-corrected chi connectivity index (χ0v) is 12.2. The van der Waals surface area contributed by atoms with Crippen molar-refractivity contribution in [3.05, 3.63) is 23.8 Å². The standard InChI is InChI=1S/C11H16F5N3OS/c1-19(2)4-3-18-11(20)8-5-9(17)7-10(6-8)21(12,13,14,15)16/h5-7H,3-4,17H2,1-2H3,(H,18,20). The summed E-state index contributed by atoms with van der Waals surface area (Å²) in [5.41, 5.74) is 4.07. The van der Waals surface area contributed by atoms with Gasteiger partial charge in [0.2, 0.25) is 0 Å². The first-order chi connectivity index (χ1) is 9.19. The van der Waals surface area contributed by atoms with Crippen molar-refractivity contribution < 1.29 is 24.2 Å². The average Bonchev–Trinajstić information content (AvgIpc) is 2.24. The maximum atomic E-state index is 12.7. The smallest absolute Gasteiger partial charge is 0.310 e. The second-order valence-corrected chi connectivity index (χ2v) is 7.23. The van der Waals surface area contributed by atoms with Crippen LogP contribution in [0.1, 0.15) is 10.4 Å². The molecule has 3 N–H and O–H groups in total. The van der Waals surface area contributed by atoms with E-state index in [1.54, 1.807) is 19.0 Å². The van der Waals surface area contributed by atoms with Gasteiger partial charge in [0.1, 0.15) is 4.90 Å². The van der Waals surface area contributed by atoms with Crippen molar-refractivity contribution in [1.82, 2.24) is 10.2 Å². The maximum absolute atomic E-state index is 12.7. The Hall–Kier alpha value is -1.55. The van der Waals surface area contributed by atoms with E-state index >= 15 is 0 Å². The SMILES string of the molecule is CN(C)CCNC(=O)c1cc(N)cc(S(F)(F)(F)(F)F)c1. The van der Waals surface area contributed by atoms with Gasteiger partial charge in [0.25, 0.3) is 5.91 Å². The van der Waals surface area contributed by atoms with Gasteiger partial charge < -0.3 is 16.0 Å². The van der Waals surface area contributed by atoms with E-state index in [0.717, 1.165) is 6.07 Å². The van der Waals surface area contributed by atoms with E-state index in [2.05, 4.69) is 5.32 Å². The summed E-state index contributed by atoms with van der Waals surface area (Å²) in [4.78, 5) is 11.2. The van der Waals surface area contributed by atoms with Crippen LogP contribution in [0, 0.1) is 0 Å². The molecule has 122 valence electrons. The van der Waals surface area contributed by atoms with E-state index in [-0.39, 0.29) is 18.7 Å². The first-order valence-corrected chi connectivity index (χ1v) is 7.72. The highest BCUT2D eigenvalue weighted by Crippen LogP contribution is 3.02. The highest BCUT2D eigenvalue weighted by molar-refractivity contribution is 8.45. The molecule has 0 bridgehead atoms. The predicted octanol–water partition coefficient (Wildman–Crippen LogP) is 3.22. The third kappa shape index (κ3) is 5.38. The molecular formula is C11H16F5N3OS. The van der Waals surface area contributed by atoms with Gasteiger partial charge in [0.05, 0.1) is 0 Å². The number of benzene rings is 1. The van der Waals surface area contributed by atoms with E-state index in [0.29, 0.717) is 6.54 Å². The van der Waals surface area contributed by atoms with Gasteiger partial charge in [-0.15, -0.1) is 0 Å². The van der Waals surface area contributed by atoms with Crippen molar-refractivity contribution in [3.8, 4) is 0 Å². The molecule has 0 unspecified atom stereocenters. The number of carbonyl (C=O) groups is 1. The molecular weight excluding hydrogens is 317 g/mol. The lowest BCUT2D eigenvalue weighted by Crippen LogP contribution is -2.31. The largest absolute Gasteiger partial charge is 0.399 e. The van der Waals surface area contributed by atoms with E-state index in [1.807, 2.05) is 0 Å². The van der Waals surface area contributed by atoms with Gasteiger partial charge in [0.15, 0.2) is 0 Å². The molecule has 0 aliphatic carbocycles. The molecule has 1 rings (SSSR count). The van der Waals surface area contributed by atoms with E-state index in [4.69, 9.17) is 5.73 Å². The van der Waals surface area contributed by atoms with Gasteiger partial charge in [-0.25, -0.2) is 0 Å². The van der Waals surface area contributed by atoms with Crippen LogP contribution in [0.2, 0.25) is 0 Å². The van der Waals surface area contributed by atoms with Gasteiger partial charge in [-0.3, -0.25) is 4.79 Å². The van der Waals surface area contributed by atoms with Crippen LogP contribution in [-0.4, -0.2) is 38.0 Å². The molecule has 1 amide bonds. The first-order valence-electron chi connectivity index (χ1n) is 5.76. The van der Waals surface area contributed by atoms with Crippen LogP contribution in [0.5, 0.6) is 0 Å². The highest BCUT2D eigenvalue weighted by atomic mass is 32.5. The first kappa shape index (κ1) is 17.5. The lowest BCUT2D eigenvalue weighted by Gasteiger charge is -2.40. The van der Waals surface area contributed by atoms with Crippen LogP contribution in [0.3, 0.4) is 0 Å². The summed E-state index contributed by atoms with van der Waals surface area (Å²) in [5, 5.41) is 2.33. The number of nitrogens with two attached hydrogens (primary N) is 1. The molecule has 0 aliphatic rings. The third-order valence-corrected chi connectivity index (χ3v) is 3.61. The number of hydrogen-bond acceptors (Lipinski definition) is 3. The van der Waals surface area contributed by atoms with Gasteiger partial charge in [0, 0.05) is 24.3 Å². The molecule has 0 saturated carbocycles. The Balaban J connectivity index is 3.07. The van der Waals surface area contributed by atoms with Gasteiger partial charge in [-0.1, -0.05) is 19.4 Å². The minimum atomic E-state index is -9.87. The number of nitrogens with zero attached hydrogens (tertiary/aromatic N) is 1. The molecule has 0 radical (unpaired) electrons. The summed E-state index contributed by atoms with van der Waals surface area (Å²) >= 11 is 0. The fourth-order valence-electron chi connectivity index (χ4n) is 1.47.